The van der Waals surface area contributed by atoms with Crippen molar-refractivity contribution >= 4 is 27.5 Å². The fourth-order valence-corrected chi connectivity index (χ4v) is 2.13. The van der Waals surface area contributed by atoms with Crippen molar-refractivity contribution in [2.24, 2.45) is 0 Å². The second kappa shape index (κ2) is 7.16. The zero-order valence-electron chi connectivity index (χ0n) is 10.9. The largest absolute Gasteiger partial charge is 1.00 e. The predicted octanol–water partition coefficient (Wildman–Crippen LogP) is -2.18. The molecule has 0 unspecified atom stereocenters. The third-order valence-electron chi connectivity index (χ3n) is 2.14. The smallest absolute Gasteiger partial charge is 0.744 e. The van der Waals surface area contributed by atoms with E-state index in [0.29, 0.717) is 5.69 Å². The van der Waals surface area contributed by atoms with Crippen LogP contribution in [0.5, 0.6) is 0 Å². The Morgan fingerprint density at radius 2 is 1.89 bits per heavy atom. The van der Waals surface area contributed by atoms with Crippen LogP contribution in [0.2, 0.25) is 0 Å². The monoisotopic (exact) mass is 293 g/mol. The van der Waals surface area contributed by atoms with Crippen molar-refractivity contribution in [2.45, 2.75) is 25.2 Å². The molecule has 0 aliphatic rings. The van der Waals surface area contributed by atoms with Crippen molar-refractivity contribution < 1.29 is 52.1 Å². The van der Waals surface area contributed by atoms with Gasteiger partial charge in [-0.05, 0) is 37.6 Å². The van der Waals surface area contributed by atoms with E-state index in [4.69, 9.17) is 0 Å². The summed E-state index contributed by atoms with van der Waals surface area (Å²) in [5, 5.41) is 2.44. The fraction of sp³-hybridized carbons (Fsp3) is 0.273. The molecule has 0 aliphatic carbocycles. The second-order valence-corrected chi connectivity index (χ2v) is 5.21. The SMILES string of the molecule is CC(=O)CC(=O)Nc1ccc(S(=O)(=O)[O-])c(C)c1.[Na+]. The van der Waals surface area contributed by atoms with Crippen LogP contribution in [0.25, 0.3) is 0 Å². The molecule has 6 nitrogen and oxygen atoms in total. The van der Waals surface area contributed by atoms with Crippen molar-refractivity contribution in [2.75, 3.05) is 5.32 Å². The van der Waals surface area contributed by atoms with Gasteiger partial charge >= 0.3 is 29.6 Å². The Balaban J connectivity index is 0.00000324. The maximum absolute atomic E-state index is 11.3. The van der Waals surface area contributed by atoms with Crippen molar-refractivity contribution in [1.29, 1.82) is 0 Å². The zero-order chi connectivity index (χ0) is 13.9. The minimum Gasteiger partial charge on any atom is -0.744 e. The Labute approximate surface area is 133 Å². The quantitative estimate of drug-likeness (QED) is 0.386. The molecule has 1 amide bonds. The van der Waals surface area contributed by atoms with Crippen LogP contribution in [-0.2, 0) is 19.7 Å². The first-order valence-corrected chi connectivity index (χ1v) is 6.47. The molecule has 0 saturated carbocycles. The molecule has 0 atom stereocenters. The molecule has 1 aromatic carbocycles. The Bertz CT molecular complexity index is 597. The fourth-order valence-electron chi connectivity index (χ4n) is 1.44. The summed E-state index contributed by atoms with van der Waals surface area (Å²) < 4.78 is 32.5. The molecule has 0 radical (unpaired) electrons. The molecular formula is C11H12NNaO5S. The van der Waals surface area contributed by atoms with E-state index in [1.54, 1.807) is 0 Å². The van der Waals surface area contributed by atoms with E-state index >= 15 is 0 Å². The summed E-state index contributed by atoms with van der Waals surface area (Å²) in [5.41, 5.74) is 0.580. The van der Waals surface area contributed by atoms with Gasteiger partial charge in [-0.3, -0.25) is 9.59 Å². The van der Waals surface area contributed by atoms with Gasteiger partial charge in [0, 0.05) is 5.69 Å². The van der Waals surface area contributed by atoms with Crippen LogP contribution in [0.3, 0.4) is 0 Å². The summed E-state index contributed by atoms with van der Waals surface area (Å²) in [4.78, 5) is 21.7. The molecule has 1 rings (SSSR count). The Kier molecular flexibility index (Phi) is 6.88. The molecule has 1 aromatic rings. The second-order valence-electron chi connectivity index (χ2n) is 3.86. The maximum atomic E-state index is 11.3. The minimum atomic E-state index is -4.51. The van der Waals surface area contributed by atoms with Gasteiger partial charge in [0.2, 0.25) is 5.91 Å². The Hall–Kier alpha value is -0.730. The number of hydrogen-bond donors (Lipinski definition) is 1. The number of benzene rings is 1. The van der Waals surface area contributed by atoms with Crippen LogP contribution < -0.4 is 34.9 Å². The molecule has 1 N–H and O–H groups in total. The number of hydrogen-bond acceptors (Lipinski definition) is 5. The molecule has 0 spiro atoms. The van der Waals surface area contributed by atoms with E-state index in [1.807, 2.05) is 0 Å². The van der Waals surface area contributed by atoms with E-state index in [9.17, 15) is 22.6 Å². The molecule has 0 bridgehead atoms. The number of Topliss-reactive ketones (excluding diaryl/α,β-unsaturated/α-hetero) is 1. The van der Waals surface area contributed by atoms with E-state index in [1.165, 1.54) is 26.0 Å². The predicted molar refractivity (Wildman–Crippen MR) is 63.1 cm³/mol. The normalized spacial score (nSPS) is 10.5. The molecule has 0 heterocycles. The van der Waals surface area contributed by atoms with Gasteiger partial charge in [0.1, 0.15) is 15.9 Å². The number of amides is 1. The standard InChI is InChI=1S/C11H13NO5S.Na/c1-7-5-9(12-11(14)6-8(2)13)3-4-10(7)18(15,16)17;/h3-5H,6H2,1-2H3,(H,12,14)(H,15,16,17);/q;+1/p-1. The van der Waals surface area contributed by atoms with Gasteiger partial charge in [0.25, 0.3) is 0 Å². The maximum Gasteiger partial charge on any atom is 1.00 e. The van der Waals surface area contributed by atoms with Gasteiger partial charge < -0.3 is 9.87 Å². The number of carbonyl (C=O) groups excluding carboxylic acids is 2. The van der Waals surface area contributed by atoms with E-state index in [-0.39, 0.29) is 52.2 Å². The van der Waals surface area contributed by atoms with Crippen LogP contribution in [0.15, 0.2) is 23.1 Å². The summed E-state index contributed by atoms with van der Waals surface area (Å²) in [6, 6.07) is 3.79. The van der Waals surface area contributed by atoms with Crippen LogP contribution in [-0.4, -0.2) is 24.7 Å². The molecule has 0 aromatic heterocycles. The van der Waals surface area contributed by atoms with Crippen LogP contribution in [0, 0.1) is 6.92 Å². The van der Waals surface area contributed by atoms with Crippen molar-refractivity contribution in [3.8, 4) is 0 Å². The average Bonchev–Trinajstić information content (AvgIpc) is 2.13. The molecule has 0 aliphatic heterocycles. The summed E-state index contributed by atoms with van der Waals surface area (Å²) in [5.74, 6) is -0.761. The van der Waals surface area contributed by atoms with Gasteiger partial charge in [0.05, 0.1) is 11.3 Å². The first-order chi connectivity index (χ1) is 8.20. The number of nitrogens with one attached hydrogen (secondary N) is 1. The first-order valence-electron chi connectivity index (χ1n) is 5.06. The molecule has 8 heteroatoms. The Morgan fingerprint density at radius 1 is 1.32 bits per heavy atom. The number of carbonyl (C=O) groups is 2. The number of anilines is 1. The first kappa shape index (κ1) is 18.3. The molecule has 98 valence electrons. The summed E-state index contributed by atoms with van der Waals surface area (Å²) in [6.07, 6.45) is -0.249. The summed E-state index contributed by atoms with van der Waals surface area (Å²) >= 11 is 0. The van der Waals surface area contributed by atoms with Crippen LogP contribution >= 0.6 is 0 Å². The van der Waals surface area contributed by atoms with Crippen LogP contribution in [0.1, 0.15) is 18.9 Å². The van der Waals surface area contributed by atoms with Crippen molar-refractivity contribution in [3.05, 3.63) is 23.8 Å². The third-order valence-corrected chi connectivity index (χ3v) is 3.13. The van der Waals surface area contributed by atoms with Gasteiger partial charge in [0.15, 0.2) is 0 Å². The van der Waals surface area contributed by atoms with E-state index < -0.39 is 16.0 Å². The molecule has 0 fully saturated rings. The van der Waals surface area contributed by atoms with Crippen molar-refractivity contribution in [3.63, 3.8) is 0 Å². The van der Waals surface area contributed by atoms with Gasteiger partial charge in [-0.15, -0.1) is 0 Å². The number of aryl methyl sites for hydroxylation is 1. The summed E-state index contributed by atoms with van der Waals surface area (Å²) in [7, 11) is -4.51. The Morgan fingerprint density at radius 3 is 2.32 bits per heavy atom. The topological polar surface area (TPSA) is 103 Å². The molecular weight excluding hydrogens is 281 g/mol. The number of rotatable bonds is 4. The van der Waals surface area contributed by atoms with Gasteiger partial charge in [-0.1, -0.05) is 0 Å². The van der Waals surface area contributed by atoms with E-state index in [2.05, 4.69) is 5.32 Å². The average molecular weight is 293 g/mol. The number of ketones is 1. The van der Waals surface area contributed by atoms with E-state index in [0.717, 1.165) is 6.07 Å². The summed E-state index contributed by atoms with van der Waals surface area (Å²) in [6.45, 7) is 2.74. The third kappa shape index (κ3) is 5.84. The molecule has 0 saturated heterocycles. The van der Waals surface area contributed by atoms with Gasteiger partial charge in [-0.2, -0.15) is 0 Å². The van der Waals surface area contributed by atoms with Crippen LogP contribution in [0.4, 0.5) is 5.69 Å². The minimum absolute atomic E-state index is 0. The van der Waals surface area contributed by atoms with Crippen molar-refractivity contribution in [1.82, 2.24) is 0 Å². The van der Waals surface area contributed by atoms with Gasteiger partial charge in [-0.25, -0.2) is 8.42 Å². The molecule has 19 heavy (non-hydrogen) atoms. The zero-order valence-corrected chi connectivity index (χ0v) is 13.7.